The highest BCUT2D eigenvalue weighted by Gasteiger charge is 2.37. The van der Waals surface area contributed by atoms with E-state index < -0.39 is 0 Å². The Morgan fingerprint density at radius 2 is 1.00 bits per heavy atom. The van der Waals surface area contributed by atoms with Crippen molar-refractivity contribution in [2.24, 2.45) is 0 Å². The predicted molar refractivity (Wildman–Crippen MR) is 201 cm³/mol. The normalized spacial score (nSPS) is 15.0. The van der Waals surface area contributed by atoms with Crippen LogP contribution in [0.15, 0.2) is 144 Å². The van der Waals surface area contributed by atoms with Crippen LogP contribution in [0.3, 0.4) is 0 Å². The van der Waals surface area contributed by atoms with Crippen LogP contribution >= 0.6 is 0 Å². The van der Waals surface area contributed by atoms with Crippen LogP contribution in [0.5, 0.6) is 0 Å². The number of hydrogen-bond donors (Lipinski definition) is 0. The molecular weight excluding hydrogens is 583 g/mol. The molecule has 0 atom stereocenters. The van der Waals surface area contributed by atoms with Gasteiger partial charge in [0.1, 0.15) is 5.58 Å². The molecule has 0 fully saturated rings. The third-order valence-electron chi connectivity index (χ3n) is 11.3. The fourth-order valence-electron chi connectivity index (χ4n) is 8.79. The summed E-state index contributed by atoms with van der Waals surface area (Å²) in [4.78, 5) is 2.42. The van der Waals surface area contributed by atoms with Crippen molar-refractivity contribution >= 4 is 49.8 Å². The standard InChI is InChI=1S/C46H35NO/c1-45(2)39-18-10-8-15-33(39)37-26-29(22-25-40(37)45)47(30-21-24-34-32-14-7-9-17-38(32)46(3,4)41(34)27-30)42-19-11-16-35-36-23-20-28-12-5-6-13-31(28)43(36)48-44(35)42/h5-27H,1-4H3. The quantitative estimate of drug-likeness (QED) is 0.196. The van der Waals surface area contributed by atoms with E-state index in [-0.39, 0.29) is 10.8 Å². The average molecular weight is 618 g/mol. The van der Waals surface area contributed by atoms with Crippen molar-refractivity contribution in [1.82, 2.24) is 0 Å². The summed E-state index contributed by atoms with van der Waals surface area (Å²) in [5.74, 6) is 0. The molecule has 0 bridgehead atoms. The molecule has 0 amide bonds. The molecule has 230 valence electrons. The van der Waals surface area contributed by atoms with Crippen LogP contribution in [0, 0.1) is 0 Å². The Morgan fingerprint density at radius 3 is 1.81 bits per heavy atom. The van der Waals surface area contributed by atoms with Gasteiger partial charge in [-0.2, -0.15) is 0 Å². The van der Waals surface area contributed by atoms with E-state index in [0.717, 1.165) is 44.4 Å². The van der Waals surface area contributed by atoms with Crippen molar-refractivity contribution in [3.05, 3.63) is 162 Å². The van der Waals surface area contributed by atoms with E-state index in [0.29, 0.717) is 0 Å². The van der Waals surface area contributed by atoms with Crippen LogP contribution in [0.4, 0.5) is 17.1 Å². The summed E-state index contributed by atoms with van der Waals surface area (Å²) in [6.07, 6.45) is 0. The third kappa shape index (κ3) is 3.58. The maximum atomic E-state index is 6.95. The maximum absolute atomic E-state index is 6.95. The van der Waals surface area contributed by atoms with Crippen molar-refractivity contribution in [1.29, 1.82) is 0 Å². The van der Waals surface area contributed by atoms with Gasteiger partial charge in [-0.1, -0.05) is 131 Å². The molecule has 2 aliphatic carbocycles. The summed E-state index contributed by atoms with van der Waals surface area (Å²) in [6.45, 7) is 9.39. The fourth-order valence-corrected chi connectivity index (χ4v) is 8.79. The summed E-state index contributed by atoms with van der Waals surface area (Å²) in [7, 11) is 0. The van der Waals surface area contributed by atoms with Crippen LogP contribution in [0.25, 0.3) is 55.0 Å². The number of rotatable bonds is 3. The molecule has 2 nitrogen and oxygen atoms in total. The van der Waals surface area contributed by atoms with Crippen molar-refractivity contribution in [3.63, 3.8) is 0 Å². The number of furan rings is 1. The van der Waals surface area contributed by atoms with Crippen molar-refractivity contribution in [2.75, 3.05) is 4.90 Å². The number of anilines is 3. The van der Waals surface area contributed by atoms with Crippen LogP contribution in [0.1, 0.15) is 49.9 Å². The minimum Gasteiger partial charge on any atom is -0.453 e. The zero-order chi connectivity index (χ0) is 32.4. The second-order valence-corrected chi connectivity index (χ2v) is 14.6. The van der Waals surface area contributed by atoms with Gasteiger partial charge in [0.15, 0.2) is 5.58 Å². The third-order valence-corrected chi connectivity index (χ3v) is 11.3. The van der Waals surface area contributed by atoms with E-state index >= 15 is 0 Å². The second-order valence-electron chi connectivity index (χ2n) is 14.6. The molecule has 2 heteroatoms. The minimum atomic E-state index is -0.112. The van der Waals surface area contributed by atoms with E-state index in [4.69, 9.17) is 4.42 Å². The van der Waals surface area contributed by atoms with Gasteiger partial charge in [-0.05, 0) is 86.3 Å². The molecule has 0 unspecified atom stereocenters. The zero-order valence-corrected chi connectivity index (χ0v) is 27.6. The first-order valence-electron chi connectivity index (χ1n) is 16.9. The van der Waals surface area contributed by atoms with Gasteiger partial charge < -0.3 is 9.32 Å². The molecule has 0 N–H and O–H groups in total. The van der Waals surface area contributed by atoms with Gasteiger partial charge >= 0.3 is 0 Å². The van der Waals surface area contributed by atoms with Crippen molar-refractivity contribution < 1.29 is 4.42 Å². The summed E-state index contributed by atoms with van der Waals surface area (Å²) >= 11 is 0. The lowest BCUT2D eigenvalue weighted by Crippen LogP contribution is -2.17. The van der Waals surface area contributed by atoms with E-state index in [1.54, 1.807) is 0 Å². The number of fused-ring (bicyclic) bond motifs is 11. The fraction of sp³-hybridized carbons (Fsp3) is 0.130. The molecule has 0 radical (unpaired) electrons. The number of nitrogens with zero attached hydrogens (tertiary/aromatic N) is 1. The highest BCUT2D eigenvalue weighted by Crippen LogP contribution is 2.53. The molecule has 10 rings (SSSR count). The van der Waals surface area contributed by atoms with Gasteiger partial charge in [0.2, 0.25) is 0 Å². The van der Waals surface area contributed by atoms with E-state index in [1.165, 1.54) is 49.9 Å². The SMILES string of the molecule is CC1(C)c2ccccc2-c2cc(N(c3ccc4c(c3)C(C)(C)c3ccccc3-4)c3cccc4c3oc3c5ccccc5ccc43)ccc21. The molecule has 1 heterocycles. The monoisotopic (exact) mass is 617 g/mol. The Labute approximate surface area is 280 Å². The smallest absolute Gasteiger partial charge is 0.159 e. The first-order chi connectivity index (χ1) is 23.3. The zero-order valence-electron chi connectivity index (χ0n) is 27.6. The van der Waals surface area contributed by atoms with Gasteiger partial charge in [-0.3, -0.25) is 0 Å². The molecule has 0 aliphatic heterocycles. The van der Waals surface area contributed by atoms with Crippen LogP contribution < -0.4 is 4.90 Å². The lowest BCUT2D eigenvalue weighted by Gasteiger charge is -2.29. The first-order valence-corrected chi connectivity index (χ1v) is 16.9. The summed E-state index contributed by atoms with van der Waals surface area (Å²) in [6, 6.07) is 51.3. The molecule has 1 aromatic heterocycles. The molecule has 0 saturated heterocycles. The largest absolute Gasteiger partial charge is 0.453 e. The summed E-state index contributed by atoms with van der Waals surface area (Å²) < 4.78 is 6.95. The van der Waals surface area contributed by atoms with E-state index in [1.807, 2.05) is 0 Å². The number of para-hydroxylation sites is 1. The van der Waals surface area contributed by atoms with Crippen molar-refractivity contribution in [2.45, 2.75) is 38.5 Å². The van der Waals surface area contributed by atoms with Crippen LogP contribution in [-0.4, -0.2) is 0 Å². The summed E-state index contributed by atoms with van der Waals surface area (Å²) in [5.41, 5.74) is 15.7. The van der Waals surface area contributed by atoms with Crippen molar-refractivity contribution in [3.8, 4) is 22.3 Å². The average Bonchev–Trinajstić information content (AvgIpc) is 3.69. The van der Waals surface area contributed by atoms with E-state index in [9.17, 15) is 0 Å². The topological polar surface area (TPSA) is 16.4 Å². The molecule has 0 spiro atoms. The lowest BCUT2D eigenvalue weighted by atomic mass is 9.82. The highest BCUT2D eigenvalue weighted by molar-refractivity contribution is 6.17. The molecule has 7 aromatic carbocycles. The second kappa shape index (κ2) is 9.49. The van der Waals surface area contributed by atoms with Gasteiger partial charge in [0.25, 0.3) is 0 Å². The molecule has 2 aliphatic rings. The minimum absolute atomic E-state index is 0.0571. The maximum Gasteiger partial charge on any atom is 0.159 e. The number of hydrogen-bond acceptors (Lipinski definition) is 2. The molecule has 0 saturated carbocycles. The van der Waals surface area contributed by atoms with E-state index in [2.05, 4.69) is 172 Å². The molecular formula is C46H35NO. The van der Waals surface area contributed by atoms with Gasteiger partial charge in [-0.15, -0.1) is 0 Å². The predicted octanol–water partition coefficient (Wildman–Crippen LogP) is 12.8. The highest BCUT2D eigenvalue weighted by atomic mass is 16.3. The van der Waals surface area contributed by atoms with Crippen LogP contribution in [-0.2, 0) is 10.8 Å². The molecule has 48 heavy (non-hydrogen) atoms. The Hall–Kier alpha value is -5.60. The number of benzene rings is 7. The Morgan fingerprint density at radius 1 is 0.417 bits per heavy atom. The Balaban J connectivity index is 1.25. The van der Waals surface area contributed by atoms with Crippen LogP contribution in [0.2, 0.25) is 0 Å². The first kappa shape index (κ1) is 27.5. The van der Waals surface area contributed by atoms with Gasteiger partial charge in [0.05, 0.1) is 5.69 Å². The Bertz CT molecular complexity index is 2630. The van der Waals surface area contributed by atoms with Gasteiger partial charge in [-0.25, -0.2) is 0 Å². The Kier molecular flexibility index (Phi) is 5.44. The molecule has 8 aromatic rings. The lowest BCUT2D eigenvalue weighted by molar-refractivity contribution is 0.660. The summed E-state index contributed by atoms with van der Waals surface area (Å²) in [5, 5.41) is 4.58. The van der Waals surface area contributed by atoms with Gasteiger partial charge in [0, 0.05) is 38.4 Å².